The van der Waals surface area contributed by atoms with Gasteiger partial charge in [0.1, 0.15) is 11.5 Å². The number of methoxy groups -OCH3 is 1. The van der Waals surface area contributed by atoms with Crippen LogP contribution in [-0.4, -0.2) is 17.9 Å². The summed E-state index contributed by atoms with van der Waals surface area (Å²) in [6.07, 6.45) is 4.82. The van der Waals surface area contributed by atoms with Crippen LogP contribution in [0.25, 0.3) is 6.08 Å². The molecule has 0 aliphatic carbocycles. The van der Waals surface area contributed by atoms with Gasteiger partial charge in [-0.05, 0) is 35.7 Å². The monoisotopic (exact) mass is 353 g/mol. The van der Waals surface area contributed by atoms with E-state index in [9.17, 15) is 4.79 Å². The molecule has 2 aromatic heterocycles. The van der Waals surface area contributed by atoms with Gasteiger partial charge in [-0.25, -0.2) is 0 Å². The predicted molar refractivity (Wildman–Crippen MR) is 99.3 cm³/mol. The molecule has 3 aromatic rings. The van der Waals surface area contributed by atoms with Crippen LogP contribution >= 0.6 is 11.3 Å². The van der Waals surface area contributed by atoms with Crippen molar-refractivity contribution in [2.45, 2.75) is 13.1 Å². The van der Waals surface area contributed by atoms with Gasteiger partial charge in [0.25, 0.3) is 0 Å². The van der Waals surface area contributed by atoms with Crippen molar-refractivity contribution in [3.8, 4) is 5.75 Å². The highest BCUT2D eigenvalue weighted by Crippen LogP contribution is 2.22. The van der Waals surface area contributed by atoms with Crippen LogP contribution in [0.4, 0.5) is 0 Å². The van der Waals surface area contributed by atoms with Crippen molar-refractivity contribution < 1.29 is 13.9 Å². The van der Waals surface area contributed by atoms with Crippen LogP contribution in [0.3, 0.4) is 0 Å². The smallest absolute Gasteiger partial charge is 0.247 e. The summed E-state index contributed by atoms with van der Waals surface area (Å²) < 4.78 is 10.7. The average molecular weight is 353 g/mol. The number of carbonyl (C=O) groups is 1. The third-order valence-electron chi connectivity index (χ3n) is 3.73. The number of carbonyl (C=O) groups excluding carboxylic acids is 1. The lowest BCUT2D eigenvalue weighted by Gasteiger charge is -2.22. The van der Waals surface area contributed by atoms with Gasteiger partial charge in [-0.3, -0.25) is 4.79 Å². The Kier molecular flexibility index (Phi) is 5.69. The minimum atomic E-state index is -0.0734. The minimum Gasteiger partial charge on any atom is -0.496 e. The molecular weight excluding hydrogens is 334 g/mol. The Balaban J connectivity index is 1.80. The number of amides is 1. The maximum atomic E-state index is 12.7. The molecule has 0 bridgehead atoms. The van der Waals surface area contributed by atoms with Gasteiger partial charge in [-0.15, -0.1) is 11.3 Å². The first kappa shape index (κ1) is 17.0. The van der Waals surface area contributed by atoms with E-state index in [2.05, 4.69) is 0 Å². The summed E-state index contributed by atoms with van der Waals surface area (Å²) in [4.78, 5) is 15.7. The summed E-state index contributed by atoms with van der Waals surface area (Å²) in [5, 5.41) is 2.01. The van der Waals surface area contributed by atoms with Crippen molar-refractivity contribution in [1.82, 2.24) is 4.90 Å². The normalized spacial score (nSPS) is 10.9. The van der Waals surface area contributed by atoms with Crippen molar-refractivity contribution in [3.05, 3.63) is 82.5 Å². The molecule has 128 valence electrons. The lowest BCUT2D eigenvalue weighted by Crippen LogP contribution is -2.28. The van der Waals surface area contributed by atoms with Gasteiger partial charge >= 0.3 is 0 Å². The molecular formula is C20H19NO3S. The van der Waals surface area contributed by atoms with E-state index >= 15 is 0 Å². The third kappa shape index (κ3) is 4.61. The quantitative estimate of drug-likeness (QED) is 0.583. The van der Waals surface area contributed by atoms with E-state index in [4.69, 9.17) is 9.15 Å². The molecule has 0 fully saturated rings. The number of benzene rings is 1. The summed E-state index contributed by atoms with van der Waals surface area (Å²) in [6, 6.07) is 15.4. The van der Waals surface area contributed by atoms with E-state index in [0.29, 0.717) is 18.8 Å². The number of hydrogen-bond donors (Lipinski definition) is 0. The van der Waals surface area contributed by atoms with Crippen molar-refractivity contribution in [2.75, 3.05) is 7.11 Å². The first-order chi connectivity index (χ1) is 12.3. The molecule has 1 aromatic carbocycles. The first-order valence-corrected chi connectivity index (χ1v) is 8.79. The Morgan fingerprint density at radius 1 is 1.16 bits per heavy atom. The number of ether oxygens (including phenoxy) is 1. The summed E-state index contributed by atoms with van der Waals surface area (Å²) in [5.41, 5.74) is 0.973. The Labute approximate surface area is 151 Å². The van der Waals surface area contributed by atoms with Gasteiger partial charge in [0, 0.05) is 23.1 Å². The van der Waals surface area contributed by atoms with Crippen LogP contribution in [0, 0.1) is 0 Å². The Morgan fingerprint density at radius 3 is 2.76 bits per heavy atom. The highest BCUT2D eigenvalue weighted by molar-refractivity contribution is 7.09. The highest BCUT2D eigenvalue weighted by Gasteiger charge is 2.15. The maximum Gasteiger partial charge on any atom is 0.247 e. The number of thiophene rings is 1. The molecule has 5 heteroatoms. The summed E-state index contributed by atoms with van der Waals surface area (Å²) in [6.45, 7) is 1.03. The molecule has 4 nitrogen and oxygen atoms in total. The van der Waals surface area contributed by atoms with Crippen LogP contribution in [0.5, 0.6) is 5.75 Å². The third-order valence-corrected chi connectivity index (χ3v) is 4.59. The van der Waals surface area contributed by atoms with Crippen LogP contribution < -0.4 is 4.74 Å². The van der Waals surface area contributed by atoms with Crippen molar-refractivity contribution in [2.24, 2.45) is 0 Å². The second kappa shape index (κ2) is 8.35. The van der Waals surface area contributed by atoms with Gasteiger partial charge in [0.05, 0.1) is 19.9 Å². The standard InChI is InChI=1S/C20H19NO3S/c1-23-19-9-3-2-6-16(19)14-21(15-18-8-5-13-25-18)20(22)11-10-17-7-4-12-24-17/h2-13H,14-15H2,1H3. The fourth-order valence-electron chi connectivity index (χ4n) is 2.49. The lowest BCUT2D eigenvalue weighted by atomic mass is 10.2. The summed E-state index contributed by atoms with van der Waals surface area (Å²) in [7, 11) is 1.64. The van der Waals surface area contributed by atoms with Crippen LogP contribution in [0.15, 0.2) is 70.7 Å². The van der Waals surface area contributed by atoms with Gasteiger partial charge < -0.3 is 14.1 Å². The zero-order valence-electron chi connectivity index (χ0n) is 13.9. The predicted octanol–water partition coefficient (Wildman–Crippen LogP) is 4.59. The fraction of sp³-hybridized carbons (Fsp3) is 0.150. The molecule has 0 unspecified atom stereocenters. The SMILES string of the molecule is COc1ccccc1CN(Cc1cccs1)C(=O)C=Cc1ccco1. The number of furan rings is 1. The van der Waals surface area contributed by atoms with Crippen LogP contribution in [-0.2, 0) is 17.9 Å². The minimum absolute atomic E-state index is 0.0734. The molecule has 3 rings (SSSR count). The first-order valence-electron chi connectivity index (χ1n) is 7.91. The number of nitrogens with zero attached hydrogens (tertiary/aromatic N) is 1. The Morgan fingerprint density at radius 2 is 2.04 bits per heavy atom. The molecule has 0 radical (unpaired) electrons. The van der Waals surface area contributed by atoms with E-state index in [1.165, 1.54) is 0 Å². The molecule has 0 aliphatic rings. The van der Waals surface area contributed by atoms with Gasteiger partial charge in [0.15, 0.2) is 0 Å². The van der Waals surface area contributed by atoms with Crippen molar-refractivity contribution in [1.29, 1.82) is 0 Å². The van der Waals surface area contributed by atoms with Gasteiger partial charge in [0.2, 0.25) is 5.91 Å². The second-order valence-electron chi connectivity index (χ2n) is 5.43. The maximum absolute atomic E-state index is 12.7. The number of hydrogen-bond acceptors (Lipinski definition) is 4. The van der Waals surface area contributed by atoms with Crippen LogP contribution in [0.2, 0.25) is 0 Å². The molecule has 0 N–H and O–H groups in total. The van der Waals surface area contributed by atoms with E-state index < -0.39 is 0 Å². The molecule has 1 amide bonds. The van der Waals surface area contributed by atoms with Crippen molar-refractivity contribution >= 4 is 23.3 Å². The van der Waals surface area contributed by atoms with E-state index in [1.54, 1.807) is 47.8 Å². The van der Waals surface area contributed by atoms with E-state index in [0.717, 1.165) is 16.2 Å². The summed E-state index contributed by atoms with van der Waals surface area (Å²) >= 11 is 1.64. The molecule has 0 saturated heterocycles. The highest BCUT2D eigenvalue weighted by atomic mass is 32.1. The topological polar surface area (TPSA) is 42.7 Å². The largest absolute Gasteiger partial charge is 0.496 e. The molecule has 2 heterocycles. The van der Waals surface area contributed by atoms with E-state index in [-0.39, 0.29) is 5.91 Å². The molecule has 0 saturated carbocycles. The fourth-order valence-corrected chi connectivity index (χ4v) is 3.21. The van der Waals surface area contributed by atoms with E-state index in [1.807, 2.05) is 47.8 Å². The molecule has 0 atom stereocenters. The van der Waals surface area contributed by atoms with Crippen molar-refractivity contribution in [3.63, 3.8) is 0 Å². The lowest BCUT2D eigenvalue weighted by molar-refractivity contribution is -0.127. The average Bonchev–Trinajstić information content (AvgIpc) is 3.33. The molecule has 25 heavy (non-hydrogen) atoms. The van der Waals surface area contributed by atoms with Crippen LogP contribution in [0.1, 0.15) is 16.2 Å². The Bertz CT molecular complexity index is 823. The molecule has 0 aliphatic heterocycles. The molecule has 0 spiro atoms. The van der Waals surface area contributed by atoms with Gasteiger partial charge in [-0.1, -0.05) is 24.3 Å². The zero-order valence-corrected chi connectivity index (χ0v) is 14.7. The number of rotatable bonds is 7. The number of para-hydroxylation sites is 1. The summed E-state index contributed by atoms with van der Waals surface area (Å²) in [5.74, 6) is 1.36. The van der Waals surface area contributed by atoms with Gasteiger partial charge in [-0.2, -0.15) is 0 Å². The zero-order chi connectivity index (χ0) is 17.5. The Hall–Kier alpha value is -2.79. The second-order valence-corrected chi connectivity index (χ2v) is 6.47.